The number of fused-ring (bicyclic) bond motifs is 1. The smallest absolute Gasteiger partial charge is 0.227 e. The lowest BCUT2D eigenvalue weighted by atomic mass is 9.98. The first-order chi connectivity index (χ1) is 11.2. The molecule has 0 amide bonds. The van der Waals surface area contributed by atoms with Gasteiger partial charge in [0.25, 0.3) is 0 Å². The van der Waals surface area contributed by atoms with E-state index in [4.69, 9.17) is 0 Å². The molecule has 1 aromatic carbocycles. The van der Waals surface area contributed by atoms with Gasteiger partial charge in [-0.2, -0.15) is 0 Å². The summed E-state index contributed by atoms with van der Waals surface area (Å²) < 4.78 is 1.83. The van der Waals surface area contributed by atoms with E-state index in [1.807, 2.05) is 10.6 Å². The van der Waals surface area contributed by atoms with Crippen molar-refractivity contribution >= 4 is 16.8 Å². The first-order valence-electron chi connectivity index (χ1n) is 8.79. The maximum Gasteiger partial charge on any atom is 0.227 e. The molecule has 2 fully saturated rings. The molecule has 0 spiro atoms. The van der Waals surface area contributed by atoms with Crippen LogP contribution in [0.3, 0.4) is 0 Å². The maximum absolute atomic E-state index is 12.0. The number of benzene rings is 1. The summed E-state index contributed by atoms with van der Waals surface area (Å²) in [6.45, 7) is 5.96. The Morgan fingerprint density at radius 2 is 2.00 bits per heavy atom. The molecule has 4 heteroatoms. The van der Waals surface area contributed by atoms with Crippen molar-refractivity contribution < 1.29 is 4.79 Å². The van der Waals surface area contributed by atoms with E-state index in [0.29, 0.717) is 6.04 Å². The first kappa shape index (κ1) is 14.9. The van der Waals surface area contributed by atoms with Crippen LogP contribution >= 0.6 is 0 Å². The minimum Gasteiger partial charge on any atom is -0.314 e. The van der Waals surface area contributed by atoms with E-state index in [9.17, 15) is 4.79 Å². The second-order valence-electron chi connectivity index (χ2n) is 6.97. The fourth-order valence-corrected chi connectivity index (χ4v) is 3.87. The Bertz CT molecular complexity index is 710. The van der Waals surface area contributed by atoms with E-state index in [1.54, 1.807) is 6.92 Å². The Morgan fingerprint density at radius 3 is 2.70 bits per heavy atom. The Kier molecular flexibility index (Phi) is 3.95. The molecule has 1 saturated heterocycles. The van der Waals surface area contributed by atoms with Gasteiger partial charge in [-0.1, -0.05) is 31.0 Å². The highest BCUT2D eigenvalue weighted by molar-refractivity contribution is 5.93. The molecule has 4 nitrogen and oxygen atoms in total. The molecule has 2 aromatic rings. The van der Waals surface area contributed by atoms with Gasteiger partial charge in [0.1, 0.15) is 0 Å². The van der Waals surface area contributed by atoms with E-state index in [0.717, 1.165) is 37.6 Å². The topological polar surface area (TPSA) is 37.3 Å². The molecular formula is C19H25N3O. The fraction of sp³-hybridized carbons (Fsp3) is 0.526. The van der Waals surface area contributed by atoms with E-state index in [2.05, 4.69) is 34.6 Å². The summed E-state index contributed by atoms with van der Waals surface area (Å²) in [4.78, 5) is 14.7. The van der Waals surface area contributed by atoms with Gasteiger partial charge in [-0.05, 0) is 24.0 Å². The molecule has 1 aromatic heterocycles. The Morgan fingerprint density at radius 1 is 1.26 bits per heavy atom. The lowest BCUT2D eigenvalue weighted by molar-refractivity contribution is 0.0941. The zero-order valence-corrected chi connectivity index (χ0v) is 13.8. The van der Waals surface area contributed by atoms with Gasteiger partial charge in [-0.25, -0.2) is 0 Å². The number of hydrogen-bond donors (Lipinski definition) is 1. The lowest BCUT2D eigenvalue weighted by Crippen LogP contribution is -2.45. The maximum atomic E-state index is 12.0. The van der Waals surface area contributed by atoms with Crippen molar-refractivity contribution in [3.05, 3.63) is 36.0 Å². The second kappa shape index (κ2) is 6.10. The van der Waals surface area contributed by atoms with Gasteiger partial charge in [0, 0.05) is 50.7 Å². The van der Waals surface area contributed by atoms with Crippen molar-refractivity contribution in [3.8, 4) is 0 Å². The molecule has 122 valence electrons. The molecular weight excluding hydrogens is 286 g/mol. The number of carbonyl (C=O) groups excluding carboxylic acids is 1. The third-order valence-electron chi connectivity index (χ3n) is 5.29. The molecule has 1 N–H and O–H groups in total. The molecule has 0 bridgehead atoms. The molecule has 4 rings (SSSR count). The minimum atomic E-state index is 0.0953. The molecule has 0 unspecified atom stereocenters. The Hall–Kier alpha value is -1.65. The van der Waals surface area contributed by atoms with Crippen LogP contribution < -0.4 is 5.32 Å². The minimum absolute atomic E-state index is 0.0953. The number of nitrogens with zero attached hydrogens (tertiary/aromatic N) is 2. The summed E-state index contributed by atoms with van der Waals surface area (Å²) in [5.41, 5.74) is 2.38. The zero-order valence-electron chi connectivity index (χ0n) is 13.8. The van der Waals surface area contributed by atoms with Crippen LogP contribution in [0.2, 0.25) is 0 Å². The van der Waals surface area contributed by atoms with Crippen molar-refractivity contribution in [1.82, 2.24) is 14.8 Å². The summed E-state index contributed by atoms with van der Waals surface area (Å²) in [5.74, 6) is 0.965. The van der Waals surface area contributed by atoms with Gasteiger partial charge < -0.3 is 5.32 Å². The van der Waals surface area contributed by atoms with Crippen LogP contribution in [-0.4, -0.2) is 41.6 Å². The van der Waals surface area contributed by atoms with Crippen LogP contribution in [0.1, 0.15) is 42.6 Å². The van der Waals surface area contributed by atoms with Gasteiger partial charge in [0.15, 0.2) is 0 Å². The summed E-state index contributed by atoms with van der Waals surface area (Å²) >= 11 is 0. The standard InChI is InChI=1S/C19H25N3O/c1-14(23)22-13-17(16-4-2-3-5-18(16)22)19(12-15-6-7-15)21-10-8-20-9-11-21/h2-5,13,15,19-20H,6-12H2,1H3/t19-/m0/s1. The Labute approximate surface area is 137 Å². The molecule has 2 aliphatic rings. The molecule has 1 aliphatic heterocycles. The van der Waals surface area contributed by atoms with Crippen LogP contribution in [-0.2, 0) is 0 Å². The van der Waals surface area contributed by atoms with Crippen LogP contribution in [0.5, 0.6) is 0 Å². The molecule has 0 radical (unpaired) electrons. The number of nitrogens with one attached hydrogen (secondary N) is 1. The monoisotopic (exact) mass is 311 g/mol. The van der Waals surface area contributed by atoms with E-state index in [-0.39, 0.29) is 5.91 Å². The zero-order chi connectivity index (χ0) is 15.8. The highest BCUT2D eigenvalue weighted by Crippen LogP contribution is 2.42. The number of para-hydroxylation sites is 1. The van der Waals surface area contributed by atoms with Crippen LogP contribution in [0.15, 0.2) is 30.5 Å². The highest BCUT2D eigenvalue weighted by atomic mass is 16.1. The average Bonchev–Trinajstić information content (AvgIpc) is 3.32. The fourth-order valence-electron chi connectivity index (χ4n) is 3.87. The van der Waals surface area contributed by atoms with Gasteiger partial charge in [-0.3, -0.25) is 14.3 Å². The van der Waals surface area contributed by atoms with E-state index >= 15 is 0 Å². The number of carbonyl (C=O) groups is 1. The lowest BCUT2D eigenvalue weighted by Gasteiger charge is -2.35. The summed E-state index contributed by atoms with van der Waals surface area (Å²) in [7, 11) is 0. The van der Waals surface area contributed by atoms with Crippen molar-refractivity contribution in [2.75, 3.05) is 26.2 Å². The highest BCUT2D eigenvalue weighted by Gasteiger charge is 2.32. The van der Waals surface area contributed by atoms with Gasteiger partial charge in [0.05, 0.1) is 5.52 Å². The Balaban J connectivity index is 1.77. The summed E-state index contributed by atoms with van der Waals surface area (Å²) in [5, 5.41) is 4.69. The van der Waals surface area contributed by atoms with Gasteiger partial charge in [-0.15, -0.1) is 0 Å². The van der Waals surface area contributed by atoms with Crippen molar-refractivity contribution in [1.29, 1.82) is 0 Å². The third kappa shape index (κ3) is 2.93. The van der Waals surface area contributed by atoms with Crippen LogP contribution in [0.25, 0.3) is 10.9 Å². The van der Waals surface area contributed by atoms with Crippen molar-refractivity contribution in [2.45, 2.75) is 32.2 Å². The van der Waals surface area contributed by atoms with Gasteiger partial charge in [0.2, 0.25) is 5.91 Å². The van der Waals surface area contributed by atoms with Crippen molar-refractivity contribution in [2.24, 2.45) is 5.92 Å². The summed E-state index contributed by atoms with van der Waals surface area (Å²) in [6, 6.07) is 8.78. The van der Waals surface area contributed by atoms with Crippen LogP contribution in [0.4, 0.5) is 0 Å². The average molecular weight is 311 g/mol. The number of aromatic nitrogens is 1. The molecule has 1 aliphatic carbocycles. The van der Waals surface area contributed by atoms with E-state index < -0.39 is 0 Å². The SMILES string of the molecule is CC(=O)n1cc([C@H](CC2CC2)N2CCNCC2)c2ccccc21. The van der Waals surface area contributed by atoms with Gasteiger partial charge >= 0.3 is 0 Å². The van der Waals surface area contributed by atoms with E-state index in [1.165, 1.54) is 30.2 Å². The first-order valence-corrected chi connectivity index (χ1v) is 8.79. The normalized spacial score (nSPS) is 20.7. The predicted molar refractivity (Wildman–Crippen MR) is 92.8 cm³/mol. The molecule has 1 atom stereocenters. The molecule has 2 heterocycles. The second-order valence-corrected chi connectivity index (χ2v) is 6.97. The quantitative estimate of drug-likeness (QED) is 0.943. The van der Waals surface area contributed by atoms with Crippen LogP contribution in [0, 0.1) is 5.92 Å². The summed E-state index contributed by atoms with van der Waals surface area (Å²) in [6.07, 6.45) is 6.07. The van der Waals surface area contributed by atoms with Crippen molar-refractivity contribution in [3.63, 3.8) is 0 Å². The number of hydrogen-bond acceptors (Lipinski definition) is 3. The predicted octanol–water partition coefficient (Wildman–Crippen LogP) is 3.05. The molecule has 1 saturated carbocycles. The largest absolute Gasteiger partial charge is 0.314 e. The number of piperazine rings is 1. The number of rotatable bonds is 4. The third-order valence-corrected chi connectivity index (χ3v) is 5.29. The molecule has 23 heavy (non-hydrogen) atoms.